The van der Waals surface area contributed by atoms with E-state index < -0.39 is 15.9 Å². The molecule has 0 radical (unpaired) electrons. The summed E-state index contributed by atoms with van der Waals surface area (Å²) in [5.74, 6) is -0.445. The van der Waals surface area contributed by atoms with Crippen LogP contribution in [0.1, 0.15) is 21.7 Å². The Balaban J connectivity index is 1.79. The zero-order valence-electron chi connectivity index (χ0n) is 14.6. The molecule has 0 saturated carbocycles. The van der Waals surface area contributed by atoms with Crippen molar-refractivity contribution < 1.29 is 13.2 Å². The molecule has 140 valence electrons. The fraction of sp³-hybridized carbons (Fsp3) is 0.111. The highest BCUT2D eigenvalue weighted by Gasteiger charge is 2.18. The number of nitrogens with two attached hydrogens (primary N) is 1. The average Bonchev–Trinajstić information content (AvgIpc) is 3.05. The predicted octanol–water partition coefficient (Wildman–Crippen LogP) is 2.03. The minimum absolute atomic E-state index is 0.0906. The van der Waals surface area contributed by atoms with Crippen molar-refractivity contribution in [1.82, 2.24) is 15.5 Å². The first-order valence-corrected chi connectivity index (χ1v) is 9.59. The Bertz CT molecular complexity index is 1060. The fourth-order valence-corrected chi connectivity index (χ4v) is 3.60. The van der Waals surface area contributed by atoms with Gasteiger partial charge in [0, 0.05) is 22.6 Å². The maximum atomic E-state index is 12.6. The van der Waals surface area contributed by atoms with Crippen LogP contribution in [-0.2, 0) is 16.6 Å². The SMILES string of the molecule is Cc1cc(CNC(=O)c2cc(N)cc(S(=O)(=O)Nc3ccccc3)c2)n[nH]1. The first kappa shape index (κ1) is 18.5. The Labute approximate surface area is 156 Å². The van der Waals surface area contributed by atoms with Crippen LogP contribution < -0.4 is 15.8 Å². The number of rotatable bonds is 6. The number of hydrogen-bond acceptors (Lipinski definition) is 5. The van der Waals surface area contributed by atoms with Crippen LogP contribution in [0.2, 0.25) is 0 Å². The van der Waals surface area contributed by atoms with E-state index in [2.05, 4.69) is 20.2 Å². The minimum atomic E-state index is -3.88. The molecule has 0 spiro atoms. The van der Waals surface area contributed by atoms with Crippen molar-refractivity contribution in [1.29, 1.82) is 0 Å². The van der Waals surface area contributed by atoms with E-state index in [0.717, 1.165) is 5.69 Å². The third-order valence-electron chi connectivity index (χ3n) is 3.72. The van der Waals surface area contributed by atoms with Crippen molar-refractivity contribution in [2.75, 3.05) is 10.5 Å². The Kier molecular flexibility index (Phi) is 5.13. The van der Waals surface area contributed by atoms with Crippen LogP contribution in [0.5, 0.6) is 0 Å². The summed E-state index contributed by atoms with van der Waals surface area (Å²) in [6.07, 6.45) is 0. The van der Waals surface area contributed by atoms with E-state index in [1.54, 1.807) is 36.4 Å². The van der Waals surface area contributed by atoms with Gasteiger partial charge in [0.15, 0.2) is 0 Å². The molecular weight excluding hydrogens is 366 g/mol. The number of aromatic nitrogens is 2. The van der Waals surface area contributed by atoms with Crippen molar-refractivity contribution in [3.05, 3.63) is 71.5 Å². The number of hydrogen-bond donors (Lipinski definition) is 4. The number of para-hydroxylation sites is 1. The van der Waals surface area contributed by atoms with Gasteiger partial charge in [0.2, 0.25) is 0 Å². The Hall–Kier alpha value is -3.33. The lowest BCUT2D eigenvalue weighted by molar-refractivity contribution is 0.0950. The standard InChI is InChI=1S/C18H19N5O3S/c1-12-7-16(22-21-12)11-20-18(24)13-8-14(19)10-17(9-13)27(25,26)23-15-5-3-2-4-6-15/h2-10,23H,11,19H2,1H3,(H,20,24)(H,21,22). The molecule has 3 aromatic rings. The zero-order chi connectivity index (χ0) is 19.4. The molecule has 9 heteroatoms. The number of nitrogens with zero attached hydrogens (tertiary/aromatic N) is 1. The summed E-state index contributed by atoms with van der Waals surface area (Å²) in [6.45, 7) is 2.06. The highest BCUT2D eigenvalue weighted by Crippen LogP contribution is 2.20. The summed E-state index contributed by atoms with van der Waals surface area (Å²) in [7, 11) is -3.88. The summed E-state index contributed by atoms with van der Waals surface area (Å²) in [5.41, 5.74) is 8.09. The maximum Gasteiger partial charge on any atom is 0.261 e. The van der Waals surface area contributed by atoms with Gasteiger partial charge in [0.25, 0.3) is 15.9 Å². The lowest BCUT2D eigenvalue weighted by Crippen LogP contribution is -2.24. The molecule has 1 heterocycles. The second-order valence-corrected chi connectivity index (χ2v) is 7.67. The molecule has 8 nitrogen and oxygen atoms in total. The molecule has 0 fully saturated rings. The number of nitrogen functional groups attached to an aromatic ring is 1. The molecule has 3 rings (SSSR count). The van der Waals surface area contributed by atoms with Crippen molar-refractivity contribution >= 4 is 27.3 Å². The van der Waals surface area contributed by atoms with E-state index in [1.807, 2.05) is 6.92 Å². The van der Waals surface area contributed by atoms with Gasteiger partial charge in [-0.2, -0.15) is 5.10 Å². The molecule has 1 amide bonds. The van der Waals surface area contributed by atoms with Gasteiger partial charge < -0.3 is 11.1 Å². The van der Waals surface area contributed by atoms with E-state index in [1.165, 1.54) is 18.2 Å². The first-order chi connectivity index (χ1) is 12.8. The largest absolute Gasteiger partial charge is 0.399 e. The smallest absolute Gasteiger partial charge is 0.261 e. The van der Waals surface area contributed by atoms with Gasteiger partial charge in [-0.25, -0.2) is 8.42 Å². The Morgan fingerprint density at radius 2 is 1.89 bits per heavy atom. The summed E-state index contributed by atoms with van der Waals surface area (Å²) in [6, 6.07) is 14.3. The molecule has 0 aliphatic rings. The van der Waals surface area contributed by atoms with Gasteiger partial charge in [-0.05, 0) is 43.3 Å². The highest BCUT2D eigenvalue weighted by atomic mass is 32.2. The van der Waals surface area contributed by atoms with Gasteiger partial charge in [-0.3, -0.25) is 14.6 Å². The molecule has 0 unspecified atom stereocenters. The van der Waals surface area contributed by atoms with E-state index in [0.29, 0.717) is 11.4 Å². The number of nitrogens with one attached hydrogen (secondary N) is 3. The maximum absolute atomic E-state index is 12.6. The van der Waals surface area contributed by atoms with E-state index >= 15 is 0 Å². The Morgan fingerprint density at radius 3 is 2.56 bits per heavy atom. The molecule has 27 heavy (non-hydrogen) atoms. The summed E-state index contributed by atoms with van der Waals surface area (Å²) in [5, 5.41) is 9.51. The fourth-order valence-electron chi connectivity index (χ4n) is 2.47. The molecule has 0 aliphatic carbocycles. The van der Waals surface area contributed by atoms with Gasteiger partial charge in [0.1, 0.15) is 0 Å². The van der Waals surface area contributed by atoms with Gasteiger partial charge in [-0.1, -0.05) is 18.2 Å². The molecule has 0 aliphatic heterocycles. The molecular formula is C18H19N5O3S. The van der Waals surface area contributed by atoms with Crippen LogP contribution in [0.15, 0.2) is 59.5 Å². The second-order valence-electron chi connectivity index (χ2n) is 5.99. The number of carbonyl (C=O) groups excluding carboxylic acids is 1. The topological polar surface area (TPSA) is 130 Å². The molecule has 2 aromatic carbocycles. The number of sulfonamides is 1. The predicted molar refractivity (Wildman–Crippen MR) is 103 cm³/mol. The van der Waals surface area contributed by atoms with Crippen molar-refractivity contribution in [2.24, 2.45) is 0 Å². The first-order valence-electron chi connectivity index (χ1n) is 8.11. The highest BCUT2D eigenvalue weighted by molar-refractivity contribution is 7.92. The number of carbonyl (C=O) groups is 1. The van der Waals surface area contributed by atoms with Crippen LogP contribution in [0, 0.1) is 6.92 Å². The van der Waals surface area contributed by atoms with E-state index in [9.17, 15) is 13.2 Å². The van der Waals surface area contributed by atoms with Crippen LogP contribution in [0.25, 0.3) is 0 Å². The number of benzene rings is 2. The number of amides is 1. The summed E-state index contributed by atoms with van der Waals surface area (Å²) < 4.78 is 27.7. The Morgan fingerprint density at radius 1 is 1.15 bits per heavy atom. The zero-order valence-corrected chi connectivity index (χ0v) is 15.4. The lowest BCUT2D eigenvalue weighted by Gasteiger charge is -2.11. The lowest BCUT2D eigenvalue weighted by atomic mass is 10.2. The van der Waals surface area contributed by atoms with E-state index in [-0.39, 0.29) is 22.7 Å². The van der Waals surface area contributed by atoms with Crippen LogP contribution >= 0.6 is 0 Å². The average molecular weight is 385 g/mol. The third kappa shape index (κ3) is 4.64. The molecule has 0 saturated heterocycles. The monoisotopic (exact) mass is 385 g/mol. The quantitative estimate of drug-likeness (QED) is 0.482. The van der Waals surface area contributed by atoms with Crippen LogP contribution in [-0.4, -0.2) is 24.5 Å². The molecule has 0 atom stereocenters. The molecule has 0 bridgehead atoms. The number of aromatic amines is 1. The van der Waals surface area contributed by atoms with Crippen molar-refractivity contribution in [2.45, 2.75) is 18.4 Å². The van der Waals surface area contributed by atoms with Crippen molar-refractivity contribution in [3.63, 3.8) is 0 Å². The van der Waals surface area contributed by atoms with Crippen LogP contribution in [0.4, 0.5) is 11.4 Å². The van der Waals surface area contributed by atoms with Crippen LogP contribution in [0.3, 0.4) is 0 Å². The second kappa shape index (κ2) is 7.50. The normalized spacial score (nSPS) is 11.1. The molecule has 1 aromatic heterocycles. The molecule has 5 N–H and O–H groups in total. The third-order valence-corrected chi connectivity index (χ3v) is 5.08. The van der Waals surface area contributed by atoms with Gasteiger partial charge in [-0.15, -0.1) is 0 Å². The summed E-state index contributed by atoms with van der Waals surface area (Å²) in [4.78, 5) is 12.3. The number of H-pyrrole nitrogens is 1. The minimum Gasteiger partial charge on any atom is -0.399 e. The summed E-state index contributed by atoms with van der Waals surface area (Å²) >= 11 is 0. The number of aryl methyl sites for hydroxylation is 1. The number of anilines is 2. The van der Waals surface area contributed by atoms with Gasteiger partial charge >= 0.3 is 0 Å². The van der Waals surface area contributed by atoms with E-state index in [4.69, 9.17) is 5.73 Å². The van der Waals surface area contributed by atoms with Gasteiger partial charge in [0.05, 0.1) is 17.1 Å². The van der Waals surface area contributed by atoms with Crippen molar-refractivity contribution in [3.8, 4) is 0 Å².